The zero-order chi connectivity index (χ0) is 20.8. The fourth-order valence-corrected chi connectivity index (χ4v) is 3.36. The molecular weight excluding hydrogens is 370 g/mol. The molecule has 0 bridgehead atoms. The van der Waals surface area contributed by atoms with Crippen molar-refractivity contribution in [3.05, 3.63) is 47.8 Å². The number of hydrogen-bond acceptors (Lipinski definition) is 4. The molecule has 154 valence electrons. The first kappa shape index (κ1) is 21.7. The number of carboxylic acids is 2. The van der Waals surface area contributed by atoms with Crippen LogP contribution in [0.2, 0.25) is 0 Å². The van der Waals surface area contributed by atoms with Gasteiger partial charge in [0.05, 0.1) is 18.5 Å². The monoisotopic (exact) mass is 396 g/mol. The molecule has 0 amide bonds. The minimum absolute atomic E-state index is 0.0658. The van der Waals surface area contributed by atoms with Gasteiger partial charge in [-0.05, 0) is 36.5 Å². The summed E-state index contributed by atoms with van der Waals surface area (Å²) in [6.45, 7) is 4.75. The Kier molecular flexibility index (Phi) is 7.37. The van der Waals surface area contributed by atoms with Gasteiger partial charge in [0.1, 0.15) is 0 Å². The van der Waals surface area contributed by atoms with Crippen molar-refractivity contribution in [1.82, 2.24) is 9.80 Å². The van der Waals surface area contributed by atoms with Crippen LogP contribution in [0.4, 0.5) is 8.78 Å². The van der Waals surface area contributed by atoms with E-state index < -0.39 is 35.4 Å². The zero-order valence-electron chi connectivity index (χ0n) is 16.0. The Morgan fingerprint density at radius 1 is 1.00 bits per heavy atom. The lowest BCUT2D eigenvalue weighted by Gasteiger charge is -2.26. The molecule has 0 radical (unpaired) electrons. The Labute approximate surface area is 163 Å². The van der Waals surface area contributed by atoms with E-state index >= 15 is 0 Å². The lowest BCUT2D eigenvalue weighted by molar-refractivity contribution is -0.146. The van der Waals surface area contributed by atoms with Gasteiger partial charge in [0.25, 0.3) is 0 Å². The van der Waals surface area contributed by atoms with E-state index in [1.165, 1.54) is 6.07 Å². The first-order valence-corrected chi connectivity index (χ1v) is 9.21. The van der Waals surface area contributed by atoms with Gasteiger partial charge in [-0.15, -0.1) is 0 Å². The van der Waals surface area contributed by atoms with Crippen molar-refractivity contribution in [1.29, 1.82) is 0 Å². The maximum atomic E-state index is 13.3. The molecule has 0 spiro atoms. The highest BCUT2D eigenvalue weighted by atomic mass is 19.2. The van der Waals surface area contributed by atoms with Crippen LogP contribution in [0.25, 0.3) is 0 Å². The smallest absolute Gasteiger partial charge is 0.308 e. The summed E-state index contributed by atoms with van der Waals surface area (Å²) in [5.41, 5.74) is 0.600. The van der Waals surface area contributed by atoms with E-state index in [0.717, 1.165) is 12.1 Å². The summed E-state index contributed by atoms with van der Waals surface area (Å²) in [5.74, 6) is -5.17. The largest absolute Gasteiger partial charge is 0.481 e. The van der Waals surface area contributed by atoms with Gasteiger partial charge in [0.2, 0.25) is 0 Å². The highest BCUT2D eigenvalue weighted by molar-refractivity contribution is 5.74. The van der Waals surface area contributed by atoms with Crippen molar-refractivity contribution in [3.63, 3.8) is 0 Å². The predicted molar refractivity (Wildman–Crippen MR) is 98.9 cm³/mol. The Bertz CT molecular complexity index is 739. The summed E-state index contributed by atoms with van der Waals surface area (Å²) < 4.78 is 26.4. The molecule has 1 aromatic carbocycles. The molecule has 0 saturated carbocycles. The van der Waals surface area contributed by atoms with Gasteiger partial charge in [-0.25, -0.2) is 8.78 Å². The van der Waals surface area contributed by atoms with Crippen molar-refractivity contribution in [2.24, 2.45) is 17.8 Å². The molecule has 0 aliphatic carbocycles. The average molecular weight is 396 g/mol. The Morgan fingerprint density at radius 2 is 1.64 bits per heavy atom. The van der Waals surface area contributed by atoms with Crippen LogP contribution >= 0.6 is 0 Å². The van der Waals surface area contributed by atoms with E-state index in [0.29, 0.717) is 25.2 Å². The molecule has 0 saturated heterocycles. The number of carbonyl (C=O) groups is 2. The quantitative estimate of drug-likeness (QED) is 0.631. The summed E-state index contributed by atoms with van der Waals surface area (Å²) in [6, 6.07) is 3.71. The molecule has 2 atom stereocenters. The SMILES string of the molecule is CC(C)C[C@H](C[C@@H](CN1C=CN(Cc2ccc(F)c(F)c2)C1)C(=O)O)C(=O)O. The fraction of sp³-hybridized carbons (Fsp3) is 0.500. The maximum absolute atomic E-state index is 13.3. The number of aliphatic carboxylic acids is 2. The molecule has 1 aliphatic heterocycles. The Morgan fingerprint density at radius 3 is 2.21 bits per heavy atom. The minimum atomic E-state index is -1.03. The zero-order valence-corrected chi connectivity index (χ0v) is 16.0. The van der Waals surface area contributed by atoms with Gasteiger partial charge in [-0.2, -0.15) is 0 Å². The molecule has 1 aliphatic rings. The average Bonchev–Trinajstić information content (AvgIpc) is 3.03. The molecule has 0 fully saturated rings. The second-order valence-corrected chi connectivity index (χ2v) is 7.64. The normalized spacial score (nSPS) is 15.9. The second-order valence-electron chi connectivity index (χ2n) is 7.64. The molecule has 2 N–H and O–H groups in total. The summed E-state index contributed by atoms with van der Waals surface area (Å²) in [5, 5.41) is 18.9. The summed E-state index contributed by atoms with van der Waals surface area (Å²) in [6.07, 6.45) is 3.98. The molecule has 8 heteroatoms. The van der Waals surface area contributed by atoms with Crippen LogP contribution in [0, 0.1) is 29.4 Å². The molecule has 0 unspecified atom stereocenters. The number of rotatable bonds is 10. The second kappa shape index (κ2) is 9.52. The minimum Gasteiger partial charge on any atom is -0.481 e. The Hall–Kier alpha value is -2.64. The molecule has 28 heavy (non-hydrogen) atoms. The van der Waals surface area contributed by atoms with Gasteiger partial charge >= 0.3 is 11.9 Å². The first-order valence-electron chi connectivity index (χ1n) is 9.21. The van der Waals surface area contributed by atoms with Crippen molar-refractivity contribution < 1.29 is 28.6 Å². The van der Waals surface area contributed by atoms with Crippen molar-refractivity contribution in [3.8, 4) is 0 Å². The first-order chi connectivity index (χ1) is 13.2. The molecular formula is C20H26F2N2O4. The third kappa shape index (κ3) is 6.21. The summed E-state index contributed by atoms with van der Waals surface area (Å²) in [7, 11) is 0. The standard InChI is InChI=1S/C20H26F2N2O4/c1-13(2)7-15(19(25)26)9-16(20(27)28)11-24-6-5-23(12-24)10-14-3-4-17(21)18(22)8-14/h3-6,8,13,15-16H,7,9-12H2,1-2H3,(H,25,26)(H,27,28)/t15-,16+/m1/s1. The van der Waals surface area contributed by atoms with Crippen molar-refractivity contribution in [2.45, 2.75) is 33.2 Å². The molecule has 1 aromatic rings. The number of halogens is 2. The van der Waals surface area contributed by atoms with E-state index in [-0.39, 0.29) is 18.9 Å². The van der Waals surface area contributed by atoms with Gasteiger partial charge < -0.3 is 20.0 Å². The highest BCUT2D eigenvalue weighted by Crippen LogP contribution is 2.23. The number of benzene rings is 1. The van der Waals surface area contributed by atoms with Crippen LogP contribution in [0.3, 0.4) is 0 Å². The van der Waals surface area contributed by atoms with Crippen LogP contribution in [0.1, 0.15) is 32.3 Å². The molecule has 6 nitrogen and oxygen atoms in total. The third-order valence-corrected chi connectivity index (χ3v) is 4.70. The van der Waals surface area contributed by atoms with Crippen molar-refractivity contribution >= 4 is 11.9 Å². The number of hydrogen-bond donors (Lipinski definition) is 2. The van der Waals surface area contributed by atoms with Crippen LogP contribution in [0.15, 0.2) is 30.6 Å². The predicted octanol–water partition coefficient (Wildman–Crippen LogP) is 3.35. The van der Waals surface area contributed by atoms with E-state index in [9.17, 15) is 28.6 Å². The molecule has 1 heterocycles. The molecule has 2 rings (SSSR count). The Balaban J connectivity index is 1.93. The van der Waals surface area contributed by atoms with Gasteiger partial charge in [-0.1, -0.05) is 19.9 Å². The van der Waals surface area contributed by atoms with E-state index in [2.05, 4.69) is 0 Å². The number of nitrogens with zero attached hydrogens (tertiary/aromatic N) is 2. The highest BCUT2D eigenvalue weighted by Gasteiger charge is 2.29. The van der Waals surface area contributed by atoms with Gasteiger partial charge in [-0.3, -0.25) is 9.59 Å². The maximum Gasteiger partial charge on any atom is 0.308 e. The van der Waals surface area contributed by atoms with Crippen LogP contribution in [0.5, 0.6) is 0 Å². The van der Waals surface area contributed by atoms with Crippen LogP contribution in [-0.2, 0) is 16.1 Å². The van der Waals surface area contributed by atoms with E-state index in [1.54, 1.807) is 17.3 Å². The van der Waals surface area contributed by atoms with Crippen LogP contribution < -0.4 is 0 Å². The number of carboxylic acid groups (broad SMARTS) is 2. The van der Waals surface area contributed by atoms with E-state index in [1.807, 2.05) is 18.7 Å². The van der Waals surface area contributed by atoms with E-state index in [4.69, 9.17) is 0 Å². The topological polar surface area (TPSA) is 81.1 Å². The third-order valence-electron chi connectivity index (χ3n) is 4.70. The van der Waals surface area contributed by atoms with Gasteiger partial charge in [0, 0.05) is 25.5 Å². The summed E-state index contributed by atoms with van der Waals surface area (Å²) >= 11 is 0. The van der Waals surface area contributed by atoms with Crippen molar-refractivity contribution in [2.75, 3.05) is 13.2 Å². The molecule has 0 aromatic heterocycles. The lowest BCUT2D eigenvalue weighted by atomic mass is 9.88. The fourth-order valence-electron chi connectivity index (χ4n) is 3.36. The van der Waals surface area contributed by atoms with Gasteiger partial charge in [0.15, 0.2) is 11.6 Å². The lowest BCUT2D eigenvalue weighted by Crippen LogP contribution is -2.34. The van der Waals surface area contributed by atoms with Crippen LogP contribution in [-0.4, -0.2) is 45.2 Å². The summed E-state index contributed by atoms with van der Waals surface area (Å²) in [4.78, 5) is 26.7.